The van der Waals surface area contributed by atoms with Gasteiger partial charge in [0.15, 0.2) is 11.9 Å². The first-order chi connectivity index (χ1) is 5.89. The molecule has 4 nitrogen and oxygen atoms in total. The van der Waals surface area contributed by atoms with Gasteiger partial charge in [-0.25, -0.2) is 9.79 Å². The van der Waals surface area contributed by atoms with Crippen LogP contribution in [0.2, 0.25) is 0 Å². The molecular weight excluding hydrogens is 189 g/mol. The maximum absolute atomic E-state index is 11.2. The van der Waals surface area contributed by atoms with Crippen LogP contribution in [-0.4, -0.2) is 34.4 Å². The van der Waals surface area contributed by atoms with E-state index in [0.717, 1.165) is 0 Å². The van der Waals surface area contributed by atoms with Gasteiger partial charge in [0.05, 0.1) is 0 Å². The van der Waals surface area contributed by atoms with E-state index in [2.05, 4.69) is 0 Å². The first-order valence-corrected chi connectivity index (χ1v) is 6.51. The number of hydrogen-bond acceptors (Lipinski definition) is 4. The molecule has 13 heavy (non-hydrogen) atoms. The van der Waals surface area contributed by atoms with Gasteiger partial charge in [-0.05, 0) is 13.0 Å². The smallest absolute Gasteiger partial charge is 0.275 e. The normalized spacial score (nSPS) is 12.2. The molecule has 5 heteroatoms. The topological polar surface area (TPSA) is 83.5 Å². The second kappa shape index (κ2) is 5.66. The minimum atomic E-state index is -3.00. The lowest BCUT2D eigenvalue weighted by Gasteiger charge is -2.12. The highest BCUT2D eigenvalue weighted by Crippen LogP contribution is 2.50. The highest BCUT2D eigenvalue weighted by molar-refractivity contribution is 7.65. The standard InChI is InChI=1S/C8H19NO3P/c1-7(2)8(10)6-13(11,12)5-3-4-9/h7,11-12H,3-6,9H2,1-2H3/q+1. The fourth-order valence-corrected chi connectivity index (χ4v) is 2.57. The Morgan fingerprint density at radius 1 is 1.46 bits per heavy atom. The summed E-state index contributed by atoms with van der Waals surface area (Å²) in [6, 6.07) is 0. The minimum Gasteiger partial charge on any atom is -0.330 e. The van der Waals surface area contributed by atoms with Crippen LogP contribution in [0.3, 0.4) is 0 Å². The molecule has 0 rings (SSSR count). The summed E-state index contributed by atoms with van der Waals surface area (Å²) in [6.07, 6.45) is 0.735. The number of ketones is 1. The first kappa shape index (κ1) is 13.0. The Morgan fingerprint density at radius 3 is 2.38 bits per heavy atom. The lowest BCUT2D eigenvalue weighted by Crippen LogP contribution is -2.17. The van der Waals surface area contributed by atoms with Gasteiger partial charge in [-0.15, -0.1) is 0 Å². The first-order valence-electron chi connectivity index (χ1n) is 4.44. The number of carbonyl (C=O) groups excluding carboxylic acids is 1. The van der Waals surface area contributed by atoms with Crippen LogP contribution in [0, 0.1) is 5.92 Å². The van der Waals surface area contributed by atoms with Gasteiger partial charge < -0.3 is 5.73 Å². The molecule has 0 aliphatic carbocycles. The maximum atomic E-state index is 11.2. The van der Waals surface area contributed by atoms with Gasteiger partial charge in [0, 0.05) is 5.92 Å². The van der Waals surface area contributed by atoms with Crippen LogP contribution < -0.4 is 5.73 Å². The highest BCUT2D eigenvalue weighted by Gasteiger charge is 2.35. The number of hydrogen-bond donors (Lipinski definition) is 3. The maximum Gasteiger partial charge on any atom is 0.275 e. The summed E-state index contributed by atoms with van der Waals surface area (Å²) in [5, 5.41) is 0. The Kier molecular flexibility index (Phi) is 5.65. The number of nitrogens with two attached hydrogens (primary N) is 1. The summed E-state index contributed by atoms with van der Waals surface area (Å²) in [5.74, 6) is -0.216. The molecule has 0 heterocycles. The van der Waals surface area contributed by atoms with Crippen LogP contribution in [0.1, 0.15) is 20.3 Å². The third-order valence-electron chi connectivity index (χ3n) is 1.77. The molecule has 0 bridgehead atoms. The fourth-order valence-electron chi connectivity index (χ4n) is 0.856. The van der Waals surface area contributed by atoms with Crippen molar-refractivity contribution in [2.45, 2.75) is 20.3 Å². The Labute approximate surface area is 79.6 Å². The largest absolute Gasteiger partial charge is 0.330 e. The molecule has 0 atom stereocenters. The van der Waals surface area contributed by atoms with Gasteiger partial charge in [-0.1, -0.05) is 13.8 Å². The summed E-state index contributed by atoms with van der Waals surface area (Å²) in [7, 11) is -3.00. The van der Waals surface area contributed by atoms with Crippen LogP contribution in [0.5, 0.6) is 0 Å². The van der Waals surface area contributed by atoms with Crippen molar-refractivity contribution in [1.82, 2.24) is 0 Å². The average Bonchev–Trinajstić information content (AvgIpc) is 2.00. The Bertz CT molecular complexity index is 171. The molecule has 0 fully saturated rings. The van der Waals surface area contributed by atoms with E-state index in [4.69, 9.17) is 5.73 Å². The molecule has 0 amide bonds. The summed E-state index contributed by atoms with van der Waals surface area (Å²) < 4.78 is 0. The molecule has 0 aromatic rings. The van der Waals surface area contributed by atoms with Crippen LogP contribution in [-0.2, 0) is 4.79 Å². The molecule has 0 aliphatic rings. The zero-order valence-corrected chi connectivity index (χ0v) is 9.13. The van der Waals surface area contributed by atoms with E-state index >= 15 is 0 Å². The lowest BCUT2D eigenvalue weighted by atomic mass is 10.1. The van der Waals surface area contributed by atoms with Crippen LogP contribution in [0.25, 0.3) is 0 Å². The van der Waals surface area contributed by atoms with Crippen molar-refractivity contribution < 1.29 is 14.6 Å². The van der Waals surface area contributed by atoms with Gasteiger partial charge in [-0.2, -0.15) is 0 Å². The summed E-state index contributed by atoms with van der Waals surface area (Å²) in [4.78, 5) is 30.1. The molecule has 0 unspecified atom stereocenters. The van der Waals surface area contributed by atoms with Gasteiger partial charge >= 0.3 is 0 Å². The molecule has 0 aromatic heterocycles. The number of rotatable bonds is 6. The predicted molar refractivity (Wildman–Crippen MR) is 54.6 cm³/mol. The Hall–Kier alpha value is -0.0200. The molecule has 0 aliphatic heterocycles. The van der Waals surface area contributed by atoms with Gasteiger partial charge in [-0.3, -0.25) is 4.79 Å². The van der Waals surface area contributed by atoms with Crippen molar-refractivity contribution in [2.75, 3.05) is 18.9 Å². The molecule has 0 radical (unpaired) electrons. The second-order valence-electron chi connectivity index (χ2n) is 3.52. The zero-order chi connectivity index (χ0) is 10.5. The van der Waals surface area contributed by atoms with Crippen molar-refractivity contribution >= 4 is 13.5 Å². The van der Waals surface area contributed by atoms with Gasteiger partial charge in [0.25, 0.3) is 7.72 Å². The van der Waals surface area contributed by atoms with Crippen LogP contribution >= 0.6 is 7.72 Å². The minimum absolute atomic E-state index is 0.0876. The number of carbonyl (C=O) groups is 1. The molecule has 0 aromatic carbocycles. The van der Waals surface area contributed by atoms with Crippen LogP contribution in [0.4, 0.5) is 0 Å². The third kappa shape index (κ3) is 6.11. The van der Waals surface area contributed by atoms with E-state index in [9.17, 15) is 14.6 Å². The predicted octanol–water partition coefficient (Wildman–Crippen LogP) is 0.392. The van der Waals surface area contributed by atoms with Crippen molar-refractivity contribution in [2.24, 2.45) is 11.7 Å². The quantitative estimate of drug-likeness (QED) is 0.551. The fraction of sp³-hybridized carbons (Fsp3) is 0.875. The van der Waals surface area contributed by atoms with E-state index in [1.807, 2.05) is 0 Å². The van der Waals surface area contributed by atoms with Gasteiger partial charge in [0.1, 0.15) is 6.16 Å². The second-order valence-corrected chi connectivity index (χ2v) is 6.04. The van der Waals surface area contributed by atoms with Crippen molar-refractivity contribution in [1.29, 1.82) is 0 Å². The molecule has 78 valence electrons. The molecule has 0 spiro atoms. The number of Topliss-reactive ketones (excluding diaryl/α,β-unsaturated/α-hetero) is 1. The monoisotopic (exact) mass is 208 g/mol. The summed E-state index contributed by atoms with van der Waals surface area (Å²) >= 11 is 0. The molecule has 4 N–H and O–H groups in total. The summed E-state index contributed by atoms with van der Waals surface area (Å²) in [6.45, 7) is 3.94. The average molecular weight is 208 g/mol. The lowest BCUT2D eigenvalue weighted by molar-refractivity contribution is -0.119. The van der Waals surface area contributed by atoms with E-state index in [0.29, 0.717) is 13.0 Å². The zero-order valence-electron chi connectivity index (χ0n) is 8.23. The molecule has 0 saturated heterocycles. The summed E-state index contributed by atoms with van der Waals surface area (Å²) in [5.41, 5.74) is 5.24. The highest BCUT2D eigenvalue weighted by atomic mass is 31.2. The van der Waals surface area contributed by atoms with E-state index in [1.54, 1.807) is 13.8 Å². The van der Waals surface area contributed by atoms with E-state index in [-0.39, 0.29) is 24.0 Å². The molecular formula is C8H19NO3P+. The Morgan fingerprint density at radius 2 is 2.00 bits per heavy atom. The van der Waals surface area contributed by atoms with E-state index in [1.165, 1.54) is 0 Å². The van der Waals surface area contributed by atoms with Crippen LogP contribution in [0.15, 0.2) is 0 Å². The van der Waals surface area contributed by atoms with Crippen molar-refractivity contribution in [3.05, 3.63) is 0 Å². The van der Waals surface area contributed by atoms with E-state index < -0.39 is 7.72 Å². The van der Waals surface area contributed by atoms with Crippen molar-refractivity contribution in [3.8, 4) is 0 Å². The van der Waals surface area contributed by atoms with Gasteiger partial charge in [0.2, 0.25) is 0 Å². The Balaban J connectivity index is 3.93. The SMILES string of the molecule is CC(C)C(=O)C[P+](O)(O)CCCN. The third-order valence-corrected chi connectivity index (χ3v) is 3.62. The van der Waals surface area contributed by atoms with Crippen molar-refractivity contribution in [3.63, 3.8) is 0 Å². The molecule has 0 saturated carbocycles.